The number of aromatic hydroxyl groups is 1. The molecule has 2 aliphatic heterocycles. The maximum absolute atomic E-state index is 14.7. The van der Waals surface area contributed by atoms with Crippen molar-refractivity contribution in [1.82, 2.24) is 0 Å². The third-order valence-electron chi connectivity index (χ3n) is 11.1. The smallest absolute Gasteiger partial charge is 0.488 e. The minimum atomic E-state index is -1.81. The first-order chi connectivity index (χ1) is 23.4. The fourth-order valence-electron chi connectivity index (χ4n) is 8.81. The zero-order valence-electron chi connectivity index (χ0n) is 26.1. The lowest BCUT2D eigenvalue weighted by Crippen LogP contribution is -2.49. The topological polar surface area (TPSA) is 135 Å². The molecule has 0 spiro atoms. The van der Waals surface area contributed by atoms with E-state index in [1.54, 1.807) is 31.2 Å². The predicted octanol–water partition coefficient (Wildman–Crippen LogP) is 4.45. The average Bonchev–Trinajstić information content (AvgIpc) is 3.46. The molecule has 8 rings (SSSR count). The number of allylic oxidation sites excluding steroid dienone is 2. The molecule has 4 aromatic carbocycles. The van der Waals surface area contributed by atoms with Gasteiger partial charge < -0.3 is 15.2 Å². The van der Waals surface area contributed by atoms with E-state index in [0.717, 1.165) is 21.3 Å². The van der Waals surface area contributed by atoms with Gasteiger partial charge in [0.25, 0.3) is 0 Å². The van der Waals surface area contributed by atoms with Gasteiger partial charge in [-0.05, 0) is 66.9 Å². The second-order valence-electron chi connectivity index (χ2n) is 13.5. The Morgan fingerprint density at radius 3 is 2.37 bits per heavy atom. The summed E-state index contributed by atoms with van der Waals surface area (Å²) in [6.45, 7) is 1.70. The molecular formula is C37H29BClFN2O7. The molecule has 49 heavy (non-hydrogen) atoms. The van der Waals surface area contributed by atoms with Crippen LogP contribution in [-0.4, -0.2) is 45.9 Å². The lowest BCUT2D eigenvalue weighted by Gasteiger charge is -2.49. The number of imide groups is 2. The van der Waals surface area contributed by atoms with Gasteiger partial charge in [0.15, 0.2) is 0 Å². The molecule has 6 atom stereocenters. The quantitative estimate of drug-likeness (QED) is 0.165. The van der Waals surface area contributed by atoms with E-state index in [2.05, 4.69) is 0 Å². The number of amides is 4. The Balaban J connectivity index is 1.29. The third-order valence-corrected chi connectivity index (χ3v) is 11.4. The second kappa shape index (κ2) is 11.1. The van der Waals surface area contributed by atoms with Crippen molar-refractivity contribution in [1.29, 1.82) is 0 Å². The summed E-state index contributed by atoms with van der Waals surface area (Å²) < 4.78 is 14.2. The predicted molar refractivity (Wildman–Crippen MR) is 180 cm³/mol. The van der Waals surface area contributed by atoms with E-state index in [-0.39, 0.29) is 40.5 Å². The van der Waals surface area contributed by atoms with Crippen molar-refractivity contribution < 1.29 is 38.7 Å². The average molecular weight is 679 g/mol. The first-order valence-electron chi connectivity index (χ1n) is 16.0. The van der Waals surface area contributed by atoms with Crippen LogP contribution >= 0.6 is 11.6 Å². The molecular weight excluding hydrogens is 650 g/mol. The Hall–Kier alpha value is -4.84. The van der Waals surface area contributed by atoms with Gasteiger partial charge in [-0.15, -0.1) is 0 Å². The fourth-order valence-corrected chi connectivity index (χ4v) is 8.99. The van der Waals surface area contributed by atoms with Crippen LogP contribution in [0.4, 0.5) is 15.8 Å². The maximum Gasteiger partial charge on any atom is 0.488 e. The van der Waals surface area contributed by atoms with Crippen molar-refractivity contribution >= 4 is 70.0 Å². The highest BCUT2D eigenvalue weighted by Gasteiger charge is 2.68. The van der Waals surface area contributed by atoms with Crippen molar-refractivity contribution in [3.05, 3.63) is 107 Å². The number of fused-ring (bicyclic) bond motifs is 5. The van der Waals surface area contributed by atoms with Crippen LogP contribution in [0.5, 0.6) is 5.75 Å². The van der Waals surface area contributed by atoms with Gasteiger partial charge in [0.05, 0.1) is 39.6 Å². The number of phenols is 1. The molecule has 4 aliphatic rings. The highest BCUT2D eigenvalue weighted by atomic mass is 35.5. The Morgan fingerprint density at radius 2 is 1.61 bits per heavy atom. The number of hydrogen-bond donors (Lipinski definition) is 3. The Kier molecular flexibility index (Phi) is 7.12. The van der Waals surface area contributed by atoms with Gasteiger partial charge in [0.2, 0.25) is 23.6 Å². The molecule has 3 N–H and O–H groups in total. The van der Waals surface area contributed by atoms with E-state index in [1.165, 1.54) is 30.3 Å². The fraction of sp³-hybridized carbons (Fsp3) is 0.243. The van der Waals surface area contributed by atoms with E-state index >= 15 is 0 Å². The Morgan fingerprint density at radius 1 is 0.857 bits per heavy atom. The number of phenolic OH excluding ortho intramolecular Hbond substituents is 1. The molecule has 4 aromatic rings. The largest absolute Gasteiger partial charge is 0.507 e. The molecule has 2 heterocycles. The molecule has 9 nitrogen and oxygen atoms in total. The van der Waals surface area contributed by atoms with Crippen LogP contribution in [0.25, 0.3) is 10.8 Å². The summed E-state index contributed by atoms with van der Waals surface area (Å²) in [6, 6.07) is 20.4. The highest BCUT2D eigenvalue weighted by molar-refractivity contribution is 6.58. The van der Waals surface area contributed by atoms with Crippen LogP contribution in [0.3, 0.4) is 0 Å². The summed E-state index contributed by atoms with van der Waals surface area (Å²) in [7, 11) is -1.81. The van der Waals surface area contributed by atoms with Gasteiger partial charge in [-0.25, -0.2) is 9.29 Å². The summed E-state index contributed by atoms with van der Waals surface area (Å²) in [5, 5.41) is 32.4. The van der Waals surface area contributed by atoms with Crippen LogP contribution in [0.1, 0.15) is 31.2 Å². The van der Waals surface area contributed by atoms with Crippen LogP contribution in [0, 0.1) is 34.9 Å². The molecule has 2 aliphatic carbocycles. The Bertz CT molecular complexity index is 2170. The molecule has 3 fully saturated rings. The van der Waals surface area contributed by atoms with E-state index in [1.807, 2.05) is 24.3 Å². The number of hydrogen-bond acceptors (Lipinski definition) is 7. The van der Waals surface area contributed by atoms with E-state index in [9.17, 15) is 38.7 Å². The zero-order valence-corrected chi connectivity index (χ0v) is 26.8. The molecule has 1 saturated carbocycles. The number of nitrogens with zero attached hydrogens (tertiary/aromatic N) is 2. The number of carbonyl (C=O) groups excluding carboxylic acids is 4. The third kappa shape index (κ3) is 4.38. The van der Waals surface area contributed by atoms with Gasteiger partial charge in [-0.3, -0.25) is 24.1 Å². The van der Waals surface area contributed by atoms with Crippen molar-refractivity contribution in [3.8, 4) is 5.75 Å². The summed E-state index contributed by atoms with van der Waals surface area (Å²) >= 11 is 6.09. The minimum Gasteiger partial charge on any atom is -0.507 e. The van der Waals surface area contributed by atoms with Gasteiger partial charge in [0, 0.05) is 16.9 Å². The minimum absolute atomic E-state index is 0.0508. The zero-order chi connectivity index (χ0) is 34.5. The standard InChI is InChI=1S/C37H29BClFN2O7/c1-37-27(34(45)42(36(37)47)21-10-14-29(40)28(39)16-21)17-26-23(31(37)25-11-9-18-5-2-3-8-22(18)32(25)43)12-13-24-30(26)35(46)41(33(24)44)20-7-4-6-19(15-20)38(48)49/h2-12,14-16,24,26-27,30-31,43,48-49H,13,17H2,1H3/t24-,26+,27-,30-,31+,37+/m0/s1. The Labute approximate surface area is 285 Å². The van der Waals surface area contributed by atoms with Crippen molar-refractivity contribution in [2.75, 3.05) is 9.80 Å². The summed E-state index contributed by atoms with van der Waals surface area (Å²) in [5.74, 6) is -6.86. The normalized spacial score (nSPS) is 27.7. The van der Waals surface area contributed by atoms with E-state index in [0.29, 0.717) is 16.5 Å². The maximum atomic E-state index is 14.7. The number of halogens is 2. The number of rotatable bonds is 4. The molecule has 0 unspecified atom stereocenters. The number of carbonyl (C=O) groups is 4. The number of anilines is 2. The first-order valence-corrected chi connectivity index (χ1v) is 16.4. The van der Waals surface area contributed by atoms with Crippen LogP contribution in [0.15, 0.2) is 90.5 Å². The van der Waals surface area contributed by atoms with Crippen LogP contribution in [0.2, 0.25) is 5.02 Å². The second-order valence-corrected chi connectivity index (χ2v) is 13.9. The lowest BCUT2D eigenvalue weighted by molar-refractivity contribution is -0.131. The molecule has 4 amide bonds. The first kappa shape index (κ1) is 31.4. The molecule has 2 saturated heterocycles. The monoisotopic (exact) mass is 678 g/mol. The molecule has 0 bridgehead atoms. The van der Waals surface area contributed by atoms with Crippen molar-refractivity contribution in [2.45, 2.75) is 25.7 Å². The molecule has 0 aromatic heterocycles. The van der Waals surface area contributed by atoms with Gasteiger partial charge in [-0.1, -0.05) is 71.8 Å². The summed E-state index contributed by atoms with van der Waals surface area (Å²) in [4.78, 5) is 59.4. The van der Waals surface area contributed by atoms with Crippen LogP contribution in [-0.2, 0) is 19.2 Å². The molecule has 246 valence electrons. The van der Waals surface area contributed by atoms with Gasteiger partial charge in [0.1, 0.15) is 11.6 Å². The van der Waals surface area contributed by atoms with Crippen molar-refractivity contribution in [3.63, 3.8) is 0 Å². The van der Waals surface area contributed by atoms with E-state index < -0.39 is 71.6 Å². The van der Waals surface area contributed by atoms with Crippen LogP contribution < -0.4 is 15.3 Å². The summed E-state index contributed by atoms with van der Waals surface area (Å²) in [5.41, 5.74) is 0.102. The van der Waals surface area contributed by atoms with Gasteiger partial charge >= 0.3 is 7.12 Å². The highest BCUT2D eigenvalue weighted by Crippen LogP contribution is 2.64. The summed E-state index contributed by atoms with van der Waals surface area (Å²) in [6.07, 6.45) is 2.14. The van der Waals surface area contributed by atoms with Gasteiger partial charge in [-0.2, -0.15) is 0 Å². The van der Waals surface area contributed by atoms with E-state index in [4.69, 9.17) is 11.6 Å². The lowest BCUT2D eigenvalue weighted by atomic mass is 9.51. The molecule has 12 heteroatoms. The van der Waals surface area contributed by atoms with Crippen molar-refractivity contribution in [2.24, 2.45) is 29.1 Å². The number of benzene rings is 4. The molecule has 0 radical (unpaired) electrons. The SMILES string of the molecule is C[C@@]12C(=O)N(c3ccc(F)c(Cl)c3)C(=O)[C@@H]1C[C@@H]1C(=CC[C@@H]3C(=O)N(c4cccc(B(O)O)c4)C(=O)[C@@H]31)[C@@H]2c1ccc2ccccc2c1O.